The van der Waals surface area contributed by atoms with Crippen molar-refractivity contribution in [3.8, 4) is 11.5 Å². The second kappa shape index (κ2) is 5.34. The van der Waals surface area contributed by atoms with E-state index in [1.54, 1.807) is 12.1 Å². The molecule has 1 heterocycles. The number of pyridine rings is 1. The van der Waals surface area contributed by atoms with Crippen LogP contribution in [0.25, 0.3) is 0 Å². The van der Waals surface area contributed by atoms with E-state index in [1.165, 1.54) is 18.3 Å². The van der Waals surface area contributed by atoms with Crippen molar-refractivity contribution in [3.05, 3.63) is 46.1 Å². The van der Waals surface area contributed by atoms with Gasteiger partial charge in [-0.2, -0.15) is 0 Å². The molecular weight excluding hydrogens is 289 g/mol. The number of rotatable bonds is 3. The number of hydrogen-bond acceptors (Lipinski definition) is 4. The van der Waals surface area contributed by atoms with Gasteiger partial charge in [-0.25, -0.2) is 4.98 Å². The Balaban J connectivity index is 2.43. The van der Waals surface area contributed by atoms with Crippen molar-refractivity contribution in [1.82, 2.24) is 4.98 Å². The third-order valence-corrected chi connectivity index (χ3v) is 2.81. The number of hydrogen-bond donors (Lipinski definition) is 2. The Hall–Kier alpha value is -1.98. The predicted octanol–water partition coefficient (Wildman–Crippen LogP) is 2.86. The van der Waals surface area contributed by atoms with Crippen LogP contribution in [0.4, 0.5) is 5.82 Å². The number of anilines is 1. The van der Waals surface area contributed by atoms with Gasteiger partial charge in [-0.15, -0.1) is 0 Å². The van der Waals surface area contributed by atoms with Crippen molar-refractivity contribution >= 4 is 34.9 Å². The van der Waals surface area contributed by atoms with E-state index < -0.39 is 5.91 Å². The van der Waals surface area contributed by atoms with Crippen LogP contribution in [0.15, 0.2) is 30.5 Å². The summed E-state index contributed by atoms with van der Waals surface area (Å²) in [5.74, 6) is -0.0605. The van der Waals surface area contributed by atoms with Crippen LogP contribution in [0.3, 0.4) is 0 Å². The van der Waals surface area contributed by atoms with Gasteiger partial charge in [0.05, 0.1) is 16.8 Å². The number of benzene rings is 1. The summed E-state index contributed by atoms with van der Waals surface area (Å²) in [7, 11) is 0. The second-order valence-electron chi connectivity index (χ2n) is 3.65. The zero-order chi connectivity index (χ0) is 14.0. The van der Waals surface area contributed by atoms with Gasteiger partial charge in [0.25, 0.3) is 5.91 Å². The summed E-state index contributed by atoms with van der Waals surface area (Å²) in [6, 6.07) is 6.04. The summed E-state index contributed by atoms with van der Waals surface area (Å²) in [5.41, 5.74) is 10.8. The molecule has 0 spiro atoms. The topological polar surface area (TPSA) is 91.2 Å². The van der Waals surface area contributed by atoms with Gasteiger partial charge in [-0.3, -0.25) is 4.79 Å². The van der Waals surface area contributed by atoms with E-state index in [0.29, 0.717) is 15.8 Å². The lowest BCUT2D eigenvalue weighted by atomic mass is 10.2. The first kappa shape index (κ1) is 13.5. The van der Waals surface area contributed by atoms with Crippen LogP contribution in [0, 0.1) is 0 Å². The minimum Gasteiger partial charge on any atom is -0.453 e. The number of nitrogen functional groups attached to an aromatic ring is 1. The lowest BCUT2D eigenvalue weighted by molar-refractivity contribution is 0.0998. The first-order valence-electron chi connectivity index (χ1n) is 5.15. The Labute approximate surface area is 119 Å². The minimum absolute atomic E-state index is 0.114. The summed E-state index contributed by atoms with van der Waals surface area (Å²) in [4.78, 5) is 15.2. The maximum absolute atomic E-state index is 11.3. The number of halogens is 2. The summed E-state index contributed by atoms with van der Waals surface area (Å²) in [6.45, 7) is 0. The van der Waals surface area contributed by atoms with Gasteiger partial charge < -0.3 is 16.2 Å². The molecule has 0 atom stereocenters. The van der Waals surface area contributed by atoms with Crippen LogP contribution in [-0.2, 0) is 0 Å². The third-order valence-electron chi connectivity index (χ3n) is 2.27. The maximum Gasteiger partial charge on any atom is 0.252 e. The van der Waals surface area contributed by atoms with E-state index in [9.17, 15) is 4.79 Å². The van der Waals surface area contributed by atoms with Crippen LogP contribution in [0.1, 0.15) is 10.4 Å². The molecule has 1 aromatic heterocycles. The molecule has 5 nitrogen and oxygen atoms in total. The monoisotopic (exact) mass is 297 g/mol. The molecule has 0 saturated carbocycles. The molecule has 19 heavy (non-hydrogen) atoms. The molecule has 0 fully saturated rings. The average molecular weight is 298 g/mol. The lowest BCUT2D eigenvalue weighted by Crippen LogP contribution is -2.13. The lowest BCUT2D eigenvalue weighted by Gasteiger charge is -2.10. The van der Waals surface area contributed by atoms with E-state index in [1.807, 2.05) is 0 Å². The van der Waals surface area contributed by atoms with Gasteiger partial charge in [-0.05, 0) is 18.2 Å². The largest absolute Gasteiger partial charge is 0.453 e. The molecule has 0 aliphatic carbocycles. The number of nitrogens with zero attached hydrogens (tertiary/aromatic N) is 1. The Morgan fingerprint density at radius 2 is 1.95 bits per heavy atom. The Kier molecular flexibility index (Phi) is 3.78. The van der Waals surface area contributed by atoms with Crippen LogP contribution >= 0.6 is 23.2 Å². The maximum atomic E-state index is 11.3. The smallest absolute Gasteiger partial charge is 0.252 e. The predicted molar refractivity (Wildman–Crippen MR) is 73.7 cm³/mol. The number of ether oxygens (including phenoxy) is 1. The van der Waals surface area contributed by atoms with Gasteiger partial charge in [0.15, 0.2) is 5.75 Å². The molecule has 2 rings (SSSR count). The Bertz CT molecular complexity index is 647. The average Bonchev–Trinajstić information content (AvgIpc) is 2.35. The zero-order valence-corrected chi connectivity index (χ0v) is 11.1. The van der Waals surface area contributed by atoms with Gasteiger partial charge >= 0.3 is 0 Å². The first-order chi connectivity index (χ1) is 8.97. The fourth-order valence-electron chi connectivity index (χ4n) is 1.41. The number of carbonyl (C=O) groups is 1. The van der Waals surface area contributed by atoms with Crippen molar-refractivity contribution in [3.63, 3.8) is 0 Å². The molecule has 0 aliphatic heterocycles. The fourth-order valence-corrected chi connectivity index (χ4v) is 1.72. The van der Waals surface area contributed by atoms with E-state index in [-0.39, 0.29) is 17.1 Å². The molecule has 0 unspecified atom stereocenters. The van der Waals surface area contributed by atoms with E-state index >= 15 is 0 Å². The highest BCUT2D eigenvalue weighted by molar-refractivity contribution is 6.34. The van der Waals surface area contributed by atoms with E-state index in [0.717, 1.165) is 0 Å². The molecule has 1 aromatic carbocycles. The van der Waals surface area contributed by atoms with Crippen LogP contribution in [0.5, 0.6) is 11.5 Å². The Morgan fingerprint density at radius 1 is 1.21 bits per heavy atom. The van der Waals surface area contributed by atoms with Crippen molar-refractivity contribution < 1.29 is 9.53 Å². The summed E-state index contributed by atoms with van der Waals surface area (Å²) < 4.78 is 5.50. The van der Waals surface area contributed by atoms with Gasteiger partial charge in [0.2, 0.25) is 0 Å². The van der Waals surface area contributed by atoms with Crippen LogP contribution < -0.4 is 16.2 Å². The van der Waals surface area contributed by atoms with E-state index in [2.05, 4.69) is 4.98 Å². The van der Waals surface area contributed by atoms with E-state index in [4.69, 9.17) is 39.4 Å². The number of primary amides is 1. The molecular formula is C12H9Cl2N3O2. The van der Waals surface area contributed by atoms with Crippen LogP contribution in [-0.4, -0.2) is 10.9 Å². The highest BCUT2D eigenvalue weighted by Gasteiger charge is 2.13. The Morgan fingerprint density at radius 3 is 2.63 bits per heavy atom. The molecule has 98 valence electrons. The number of aromatic nitrogens is 1. The minimum atomic E-state index is -0.678. The molecule has 2 aromatic rings. The van der Waals surface area contributed by atoms with Crippen LogP contribution in [0.2, 0.25) is 10.0 Å². The molecule has 7 heteroatoms. The number of amides is 1. The summed E-state index contributed by atoms with van der Waals surface area (Å²) >= 11 is 11.8. The van der Waals surface area contributed by atoms with Gasteiger partial charge in [-0.1, -0.05) is 23.2 Å². The zero-order valence-electron chi connectivity index (χ0n) is 9.56. The number of carbonyl (C=O) groups excluding carboxylic acids is 1. The van der Waals surface area contributed by atoms with Crippen molar-refractivity contribution in [2.24, 2.45) is 5.73 Å². The standard InChI is InChI=1S/C12H9Cl2N3O2/c13-6-1-2-8(14)9(3-6)19-10-5-17-11(15)4-7(10)12(16)18/h1-5H,(H2,15,17)(H2,16,18). The SMILES string of the molecule is NC(=O)c1cc(N)ncc1Oc1cc(Cl)ccc1Cl. The fraction of sp³-hybridized carbons (Fsp3) is 0. The van der Waals surface area contributed by atoms with Crippen molar-refractivity contribution in [2.45, 2.75) is 0 Å². The quantitative estimate of drug-likeness (QED) is 0.911. The van der Waals surface area contributed by atoms with Crippen molar-refractivity contribution in [1.29, 1.82) is 0 Å². The summed E-state index contributed by atoms with van der Waals surface area (Å²) in [5, 5.41) is 0.792. The second-order valence-corrected chi connectivity index (χ2v) is 4.49. The van der Waals surface area contributed by atoms with Gasteiger partial charge in [0.1, 0.15) is 11.6 Å². The normalized spacial score (nSPS) is 10.2. The summed E-state index contributed by atoms with van der Waals surface area (Å²) in [6.07, 6.45) is 1.30. The highest BCUT2D eigenvalue weighted by Crippen LogP contribution is 2.33. The number of nitrogens with two attached hydrogens (primary N) is 2. The van der Waals surface area contributed by atoms with Gasteiger partial charge in [0, 0.05) is 11.1 Å². The molecule has 0 bridgehead atoms. The highest BCUT2D eigenvalue weighted by atomic mass is 35.5. The molecule has 0 radical (unpaired) electrons. The molecule has 0 saturated heterocycles. The first-order valence-corrected chi connectivity index (χ1v) is 5.91. The third kappa shape index (κ3) is 3.07. The molecule has 4 N–H and O–H groups in total. The molecule has 1 amide bonds. The van der Waals surface area contributed by atoms with Crippen molar-refractivity contribution in [2.75, 3.05) is 5.73 Å². The molecule has 0 aliphatic rings.